The van der Waals surface area contributed by atoms with Gasteiger partial charge < -0.3 is 15.6 Å². The second kappa shape index (κ2) is 4.70. The molecule has 1 aliphatic rings. The third kappa shape index (κ3) is 2.36. The van der Waals surface area contributed by atoms with Crippen LogP contribution in [0, 0.1) is 5.41 Å². The van der Waals surface area contributed by atoms with Crippen LogP contribution < -0.4 is 10.6 Å². The molecule has 1 fully saturated rings. The van der Waals surface area contributed by atoms with Crippen molar-refractivity contribution in [2.45, 2.75) is 12.8 Å². The van der Waals surface area contributed by atoms with Crippen molar-refractivity contribution in [1.82, 2.24) is 15.6 Å². The summed E-state index contributed by atoms with van der Waals surface area (Å²) >= 11 is 0. The van der Waals surface area contributed by atoms with Crippen molar-refractivity contribution in [3.05, 3.63) is 36.0 Å². The summed E-state index contributed by atoms with van der Waals surface area (Å²) in [6.07, 6.45) is 4.18. The third-order valence-corrected chi connectivity index (χ3v) is 3.97. The van der Waals surface area contributed by atoms with Crippen LogP contribution in [0.2, 0.25) is 0 Å². The summed E-state index contributed by atoms with van der Waals surface area (Å²) in [4.78, 5) is 15.4. The minimum atomic E-state index is 0.0137. The van der Waals surface area contributed by atoms with E-state index < -0.39 is 0 Å². The van der Waals surface area contributed by atoms with Crippen LogP contribution in [-0.4, -0.2) is 31.0 Å². The van der Waals surface area contributed by atoms with Gasteiger partial charge in [-0.05, 0) is 26.0 Å². The summed E-state index contributed by atoms with van der Waals surface area (Å²) in [6.45, 7) is 1.73. The highest BCUT2D eigenvalue weighted by atomic mass is 16.1. The highest BCUT2D eigenvalue weighted by molar-refractivity contribution is 6.06. The van der Waals surface area contributed by atoms with Gasteiger partial charge in [-0.15, -0.1) is 0 Å². The van der Waals surface area contributed by atoms with E-state index in [0.29, 0.717) is 0 Å². The molecule has 1 aromatic carbocycles. The van der Waals surface area contributed by atoms with Crippen molar-refractivity contribution in [3.63, 3.8) is 0 Å². The summed E-state index contributed by atoms with van der Waals surface area (Å²) in [7, 11) is 1.96. The number of amides is 1. The fourth-order valence-electron chi connectivity index (χ4n) is 2.59. The van der Waals surface area contributed by atoms with E-state index in [2.05, 4.69) is 15.6 Å². The Balaban J connectivity index is 1.71. The molecule has 3 N–H and O–H groups in total. The van der Waals surface area contributed by atoms with E-state index in [1.54, 1.807) is 6.20 Å². The normalized spacial score (nSPS) is 16.5. The fourth-order valence-corrected chi connectivity index (χ4v) is 2.59. The maximum atomic E-state index is 12.2. The van der Waals surface area contributed by atoms with Crippen molar-refractivity contribution >= 4 is 16.8 Å². The number of benzene rings is 1. The van der Waals surface area contributed by atoms with Gasteiger partial charge in [-0.25, -0.2) is 0 Å². The number of carbonyl (C=O) groups is 1. The van der Waals surface area contributed by atoms with Gasteiger partial charge in [-0.3, -0.25) is 4.79 Å². The Bertz CT molecular complexity index is 598. The largest absolute Gasteiger partial charge is 0.360 e. The van der Waals surface area contributed by atoms with E-state index in [-0.39, 0.29) is 11.3 Å². The first-order valence-corrected chi connectivity index (χ1v) is 6.73. The molecular formula is C15H19N3O. The third-order valence-electron chi connectivity index (χ3n) is 3.97. The summed E-state index contributed by atoms with van der Waals surface area (Å²) in [5.41, 5.74) is 2.02. The molecule has 0 saturated heterocycles. The smallest absolute Gasteiger partial charge is 0.253 e. The predicted octanol–water partition coefficient (Wildman–Crippen LogP) is 1.90. The van der Waals surface area contributed by atoms with E-state index in [1.165, 1.54) is 12.8 Å². The first kappa shape index (κ1) is 12.2. The number of para-hydroxylation sites is 1. The van der Waals surface area contributed by atoms with Crippen molar-refractivity contribution in [2.75, 3.05) is 20.1 Å². The lowest BCUT2D eigenvalue weighted by Crippen LogP contribution is -2.34. The summed E-state index contributed by atoms with van der Waals surface area (Å²) in [6, 6.07) is 7.87. The Morgan fingerprint density at radius 2 is 2.11 bits per heavy atom. The summed E-state index contributed by atoms with van der Waals surface area (Å²) in [5.74, 6) is 0.0137. The first-order chi connectivity index (χ1) is 9.24. The quantitative estimate of drug-likeness (QED) is 0.766. The zero-order chi connectivity index (χ0) is 13.3. The average molecular weight is 257 g/mol. The standard InChI is InChI=1S/C15H19N3O/c1-16-9-15(6-7-15)10-18-14(19)12-8-17-13-5-3-2-4-11(12)13/h2-5,8,16-17H,6-7,9-10H2,1H3,(H,18,19). The predicted molar refractivity (Wildman–Crippen MR) is 76.2 cm³/mol. The highest BCUT2D eigenvalue weighted by Crippen LogP contribution is 2.44. The second-order valence-corrected chi connectivity index (χ2v) is 5.46. The molecule has 1 saturated carbocycles. The molecule has 4 nitrogen and oxygen atoms in total. The number of nitrogens with one attached hydrogen (secondary N) is 3. The number of hydrogen-bond donors (Lipinski definition) is 3. The molecule has 0 spiro atoms. The van der Waals surface area contributed by atoms with Crippen LogP contribution in [0.15, 0.2) is 30.5 Å². The Morgan fingerprint density at radius 1 is 1.32 bits per heavy atom. The molecular weight excluding hydrogens is 238 g/mol. The van der Waals surface area contributed by atoms with Crippen molar-refractivity contribution < 1.29 is 4.79 Å². The molecule has 1 amide bonds. The van der Waals surface area contributed by atoms with Gasteiger partial charge >= 0.3 is 0 Å². The van der Waals surface area contributed by atoms with Crippen LogP contribution in [0.3, 0.4) is 0 Å². The molecule has 0 atom stereocenters. The van der Waals surface area contributed by atoms with E-state index in [4.69, 9.17) is 0 Å². The fraction of sp³-hybridized carbons (Fsp3) is 0.400. The van der Waals surface area contributed by atoms with Crippen LogP contribution >= 0.6 is 0 Å². The number of H-pyrrole nitrogens is 1. The molecule has 100 valence electrons. The lowest BCUT2D eigenvalue weighted by Gasteiger charge is -2.15. The number of aromatic nitrogens is 1. The van der Waals surface area contributed by atoms with Gasteiger partial charge in [0.2, 0.25) is 0 Å². The molecule has 1 aliphatic carbocycles. The van der Waals surface area contributed by atoms with Crippen LogP contribution in [0.5, 0.6) is 0 Å². The minimum Gasteiger partial charge on any atom is -0.360 e. The minimum absolute atomic E-state index is 0.0137. The first-order valence-electron chi connectivity index (χ1n) is 6.73. The Morgan fingerprint density at radius 3 is 2.84 bits per heavy atom. The average Bonchev–Trinajstić information content (AvgIpc) is 3.05. The van der Waals surface area contributed by atoms with E-state index in [9.17, 15) is 4.79 Å². The lowest BCUT2D eigenvalue weighted by molar-refractivity contribution is 0.0946. The van der Waals surface area contributed by atoms with Crippen LogP contribution in [0.1, 0.15) is 23.2 Å². The van der Waals surface area contributed by atoms with Crippen LogP contribution in [0.25, 0.3) is 10.9 Å². The van der Waals surface area contributed by atoms with Gasteiger partial charge in [-0.2, -0.15) is 0 Å². The molecule has 0 aliphatic heterocycles. The molecule has 0 unspecified atom stereocenters. The molecule has 1 heterocycles. The lowest BCUT2D eigenvalue weighted by atomic mass is 10.1. The number of hydrogen-bond acceptors (Lipinski definition) is 2. The van der Waals surface area contributed by atoms with Crippen molar-refractivity contribution in [3.8, 4) is 0 Å². The molecule has 3 rings (SSSR count). The topological polar surface area (TPSA) is 56.9 Å². The Hall–Kier alpha value is -1.81. The zero-order valence-electron chi connectivity index (χ0n) is 11.1. The monoisotopic (exact) mass is 257 g/mol. The molecule has 2 aromatic rings. The van der Waals surface area contributed by atoms with Crippen LogP contribution in [-0.2, 0) is 0 Å². The van der Waals surface area contributed by atoms with E-state index >= 15 is 0 Å². The van der Waals surface area contributed by atoms with Gasteiger partial charge in [0.05, 0.1) is 5.56 Å². The van der Waals surface area contributed by atoms with Gasteiger partial charge in [-0.1, -0.05) is 18.2 Å². The number of carbonyl (C=O) groups excluding carboxylic acids is 1. The van der Waals surface area contributed by atoms with Gasteiger partial charge in [0.15, 0.2) is 0 Å². The molecule has 1 aromatic heterocycles. The van der Waals surface area contributed by atoms with E-state index in [0.717, 1.165) is 29.6 Å². The second-order valence-electron chi connectivity index (χ2n) is 5.46. The maximum Gasteiger partial charge on any atom is 0.253 e. The van der Waals surface area contributed by atoms with Gasteiger partial charge in [0.1, 0.15) is 0 Å². The summed E-state index contributed by atoms with van der Waals surface area (Å²) in [5, 5.41) is 7.25. The van der Waals surface area contributed by atoms with E-state index in [1.807, 2.05) is 31.3 Å². The molecule has 19 heavy (non-hydrogen) atoms. The highest BCUT2D eigenvalue weighted by Gasteiger charge is 2.41. The molecule has 0 radical (unpaired) electrons. The Labute approximate surface area is 112 Å². The number of fused-ring (bicyclic) bond motifs is 1. The number of aromatic amines is 1. The Kier molecular flexibility index (Phi) is 3.03. The van der Waals surface area contributed by atoms with Crippen LogP contribution in [0.4, 0.5) is 0 Å². The van der Waals surface area contributed by atoms with Crippen molar-refractivity contribution in [2.24, 2.45) is 5.41 Å². The van der Waals surface area contributed by atoms with Gasteiger partial charge in [0.25, 0.3) is 5.91 Å². The maximum absolute atomic E-state index is 12.2. The number of rotatable bonds is 5. The molecule has 4 heteroatoms. The van der Waals surface area contributed by atoms with Crippen molar-refractivity contribution in [1.29, 1.82) is 0 Å². The summed E-state index contributed by atoms with van der Waals surface area (Å²) < 4.78 is 0. The van der Waals surface area contributed by atoms with Gasteiger partial charge in [0, 0.05) is 35.6 Å². The SMILES string of the molecule is CNCC1(CNC(=O)c2c[nH]c3ccccc23)CC1. The zero-order valence-corrected chi connectivity index (χ0v) is 11.1. The molecule has 0 bridgehead atoms.